The van der Waals surface area contributed by atoms with Crippen LogP contribution in [0.15, 0.2) is 22.9 Å². The van der Waals surface area contributed by atoms with Gasteiger partial charge in [-0.25, -0.2) is 0 Å². The molecule has 0 aliphatic rings. The van der Waals surface area contributed by atoms with E-state index in [1.807, 2.05) is 22.9 Å². The van der Waals surface area contributed by atoms with Crippen LogP contribution in [0.4, 0.5) is 0 Å². The molecule has 0 fully saturated rings. The largest absolute Gasteiger partial charge is 0.361 e. The monoisotopic (exact) mass is 275 g/mol. The number of hydrogen-bond acceptors (Lipinski definition) is 1. The molecule has 2 nitrogen and oxygen atoms in total. The molecule has 0 bridgehead atoms. The smallest absolute Gasteiger partial charge is 0.123 e. The molecule has 0 aromatic carbocycles. The highest BCUT2D eigenvalue weighted by atomic mass is 79.9. The van der Waals surface area contributed by atoms with Crippen LogP contribution in [0, 0.1) is 0 Å². The molecule has 0 radical (unpaired) electrons. The van der Waals surface area contributed by atoms with Gasteiger partial charge in [0.15, 0.2) is 0 Å². The zero-order valence-corrected chi connectivity index (χ0v) is 11.7. The van der Waals surface area contributed by atoms with Crippen molar-refractivity contribution < 1.29 is 4.74 Å². The lowest BCUT2D eigenvalue weighted by molar-refractivity contribution is 0.0861. The van der Waals surface area contributed by atoms with E-state index in [0.717, 1.165) is 11.2 Å². The van der Waals surface area contributed by atoms with Crippen molar-refractivity contribution in [2.45, 2.75) is 32.4 Å². The molecule has 4 heteroatoms. The molecule has 0 aliphatic heterocycles. The molecule has 1 aromatic rings. The molecule has 0 N–H and O–H groups in total. The van der Waals surface area contributed by atoms with E-state index in [2.05, 4.69) is 35.6 Å². The van der Waals surface area contributed by atoms with Crippen molar-refractivity contribution in [2.75, 3.05) is 6.61 Å². The van der Waals surface area contributed by atoms with Gasteiger partial charge < -0.3 is 9.30 Å². The summed E-state index contributed by atoms with van der Waals surface area (Å²) in [4.78, 5) is 0. The summed E-state index contributed by atoms with van der Waals surface area (Å²) in [6, 6.07) is 5.25. The fourth-order valence-electron chi connectivity index (χ4n) is 1.04. The van der Waals surface area contributed by atoms with Crippen LogP contribution in [0.25, 0.3) is 0 Å². The Morgan fingerprint density at radius 3 is 2.64 bits per heavy atom. The fourth-order valence-corrected chi connectivity index (χ4v) is 2.17. The number of halogens is 1. The molecule has 1 aromatic heterocycles. The predicted octanol–water partition coefficient (Wildman–Crippen LogP) is 3.56. The second kappa shape index (κ2) is 5.14. The van der Waals surface area contributed by atoms with Crippen LogP contribution in [0.3, 0.4) is 0 Å². The molecule has 0 unspecified atom stereocenters. The van der Waals surface area contributed by atoms with Crippen LogP contribution in [-0.4, -0.2) is 19.2 Å². The average Bonchev–Trinajstić information content (AvgIpc) is 2.44. The highest BCUT2D eigenvalue weighted by Crippen LogP contribution is 2.11. The first kappa shape index (κ1) is 12.0. The highest BCUT2D eigenvalue weighted by molar-refractivity contribution is 9.10. The van der Waals surface area contributed by atoms with Crippen LogP contribution in [-0.2, 0) is 11.5 Å². The van der Waals surface area contributed by atoms with E-state index >= 15 is 0 Å². The number of ether oxygens (including phenoxy) is 1. The Labute approximate surface area is 95.4 Å². The Kier molecular flexibility index (Phi) is 4.41. The third-order valence-corrected chi connectivity index (χ3v) is 4.42. The first-order valence-electron chi connectivity index (χ1n) is 4.87. The summed E-state index contributed by atoms with van der Waals surface area (Å²) in [5.41, 5.74) is 0. The lowest BCUT2D eigenvalue weighted by atomic mass is 10.7. The second-order valence-electron chi connectivity index (χ2n) is 4.65. The molecule has 0 aliphatic carbocycles. The van der Waals surface area contributed by atoms with Gasteiger partial charge in [-0.05, 0) is 34.1 Å². The van der Waals surface area contributed by atoms with Gasteiger partial charge in [0, 0.05) is 20.9 Å². The quantitative estimate of drug-likeness (QED) is 0.592. The average molecular weight is 276 g/mol. The summed E-state index contributed by atoms with van der Waals surface area (Å²) in [6.07, 6.45) is 2.01. The van der Waals surface area contributed by atoms with Crippen LogP contribution in [0.1, 0.15) is 0 Å². The number of rotatable bonds is 5. The molecule has 1 rings (SSSR count). The van der Waals surface area contributed by atoms with Crippen molar-refractivity contribution in [3.8, 4) is 0 Å². The maximum absolute atomic E-state index is 5.60. The minimum absolute atomic E-state index is 0.651. The zero-order chi connectivity index (χ0) is 10.6. The number of hydrogen-bond donors (Lipinski definition) is 0. The Bertz CT molecular complexity index is 280. The molecular weight excluding hydrogens is 258 g/mol. The maximum Gasteiger partial charge on any atom is 0.123 e. The predicted molar refractivity (Wildman–Crippen MR) is 66.2 cm³/mol. The van der Waals surface area contributed by atoms with Gasteiger partial charge in [-0.2, -0.15) is 0 Å². The standard InChI is InChI=1S/C10H18BrNOSi/c1-14(2,3)8-7-13-9-12-6-4-5-10(12)11/h4-6H,7-9H2,1-3H3. The van der Waals surface area contributed by atoms with E-state index in [4.69, 9.17) is 4.74 Å². The van der Waals surface area contributed by atoms with Crippen molar-refractivity contribution in [1.82, 2.24) is 4.57 Å². The topological polar surface area (TPSA) is 14.2 Å². The first-order valence-corrected chi connectivity index (χ1v) is 9.37. The van der Waals surface area contributed by atoms with Gasteiger partial charge in [0.05, 0.1) is 4.60 Å². The van der Waals surface area contributed by atoms with Crippen molar-refractivity contribution >= 4 is 24.0 Å². The first-order chi connectivity index (χ1) is 6.49. The molecule has 0 saturated carbocycles. The zero-order valence-electron chi connectivity index (χ0n) is 9.09. The molecular formula is C10H18BrNOSi. The van der Waals surface area contributed by atoms with Crippen molar-refractivity contribution in [2.24, 2.45) is 0 Å². The third kappa shape index (κ3) is 4.44. The van der Waals surface area contributed by atoms with Gasteiger partial charge in [0.25, 0.3) is 0 Å². The van der Waals surface area contributed by atoms with Gasteiger partial charge in [0.2, 0.25) is 0 Å². The van der Waals surface area contributed by atoms with Gasteiger partial charge in [-0.3, -0.25) is 0 Å². The van der Waals surface area contributed by atoms with E-state index in [9.17, 15) is 0 Å². The summed E-state index contributed by atoms with van der Waals surface area (Å²) >= 11 is 3.45. The van der Waals surface area contributed by atoms with E-state index in [1.54, 1.807) is 0 Å². The minimum atomic E-state index is -0.939. The molecule has 1 heterocycles. The van der Waals surface area contributed by atoms with Crippen molar-refractivity contribution in [3.63, 3.8) is 0 Å². The SMILES string of the molecule is C[Si](C)(C)CCOCn1cccc1Br. The summed E-state index contributed by atoms with van der Waals surface area (Å²) in [5.74, 6) is 0. The molecule has 0 amide bonds. The van der Waals surface area contributed by atoms with Crippen molar-refractivity contribution in [1.29, 1.82) is 0 Å². The molecule has 0 saturated heterocycles. The van der Waals surface area contributed by atoms with Crippen LogP contribution >= 0.6 is 15.9 Å². The van der Waals surface area contributed by atoms with Gasteiger partial charge in [-0.1, -0.05) is 19.6 Å². The summed E-state index contributed by atoms with van der Waals surface area (Å²) in [5, 5.41) is 0. The van der Waals surface area contributed by atoms with E-state index in [1.165, 1.54) is 6.04 Å². The van der Waals surface area contributed by atoms with Gasteiger partial charge in [0.1, 0.15) is 6.73 Å². The summed E-state index contributed by atoms with van der Waals surface area (Å²) < 4.78 is 8.72. The lowest BCUT2D eigenvalue weighted by Gasteiger charge is -2.15. The maximum atomic E-state index is 5.60. The Morgan fingerprint density at radius 2 is 2.14 bits per heavy atom. The summed E-state index contributed by atoms with van der Waals surface area (Å²) in [6.45, 7) is 8.62. The van der Waals surface area contributed by atoms with Crippen molar-refractivity contribution in [3.05, 3.63) is 22.9 Å². The lowest BCUT2D eigenvalue weighted by Crippen LogP contribution is -2.21. The third-order valence-electron chi connectivity index (χ3n) is 2.00. The number of aromatic nitrogens is 1. The van der Waals surface area contributed by atoms with Crippen LogP contribution in [0.2, 0.25) is 25.7 Å². The second-order valence-corrected chi connectivity index (χ2v) is 11.1. The van der Waals surface area contributed by atoms with Gasteiger partial charge in [-0.15, -0.1) is 0 Å². The minimum Gasteiger partial charge on any atom is -0.361 e. The molecule has 14 heavy (non-hydrogen) atoms. The number of nitrogens with zero attached hydrogens (tertiary/aromatic N) is 1. The molecule has 0 atom stereocenters. The Morgan fingerprint density at radius 1 is 1.43 bits per heavy atom. The normalized spacial score (nSPS) is 12.0. The van der Waals surface area contributed by atoms with Crippen LogP contribution < -0.4 is 0 Å². The van der Waals surface area contributed by atoms with Crippen LogP contribution in [0.5, 0.6) is 0 Å². The molecule has 0 spiro atoms. The van der Waals surface area contributed by atoms with E-state index in [0.29, 0.717) is 6.73 Å². The van der Waals surface area contributed by atoms with Gasteiger partial charge >= 0.3 is 0 Å². The highest BCUT2D eigenvalue weighted by Gasteiger charge is 2.11. The molecule has 80 valence electrons. The Hall–Kier alpha value is -0.0631. The van der Waals surface area contributed by atoms with E-state index in [-0.39, 0.29) is 0 Å². The fraction of sp³-hybridized carbons (Fsp3) is 0.600. The summed E-state index contributed by atoms with van der Waals surface area (Å²) in [7, 11) is -0.939. The van der Waals surface area contributed by atoms with E-state index < -0.39 is 8.07 Å². The Balaban J connectivity index is 2.20.